The molecule has 0 aliphatic rings. The van der Waals surface area contributed by atoms with E-state index in [0.29, 0.717) is 22.9 Å². The van der Waals surface area contributed by atoms with E-state index in [0.717, 1.165) is 41.3 Å². The standard InChI is InChI=1S/C25H11F8N5O/c26-16-3-1-14(21(27)5-16)10-37-12-19(22(25(31,32)33)18(8-35)23(37)39)15-9-36-38(11-15)17-4-2-13(7-34)20(6-17)24(28,29)30/h1-6,9,11-12H,10H2. The van der Waals surface area contributed by atoms with Gasteiger partial charge in [-0.2, -0.15) is 42.0 Å². The van der Waals surface area contributed by atoms with Gasteiger partial charge in [0.25, 0.3) is 5.56 Å². The van der Waals surface area contributed by atoms with Crippen LogP contribution in [0.25, 0.3) is 16.8 Å². The number of nitrogens with zero attached hydrogens (tertiary/aromatic N) is 5. The molecule has 0 bridgehead atoms. The van der Waals surface area contributed by atoms with Crippen LogP contribution in [0.3, 0.4) is 0 Å². The van der Waals surface area contributed by atoms with Crippen molar-refractivity contribution < 1.29 is 35.1 Å². The second kappa shape index (κ2) is 9.72. The molecule has 0 amide bonds. The Kier molecular flexibility index (Phi) is 6.74. The van der Waals surface area contributed by atoms with Crippen LogP contribution < -0.4 is 5.56 Å². The van der Waals surface area contributed by atoms with Crippen LogP contribution in [0.4, 0.5) is 35.1 Å². The van der Waals surface area contributed by atoms with Gasteiger partial charge in [0.2, 0.25) is 0 Å². The van der Waals surface area contributed by atoms with Gasteiger partial charge in [0.1, 0.15) is 23.3 Å². The zero-order chi connectivity index (χ0) is 28.7. The van der Waals surface area contributed by atoms with E-state index in [1.807, 2.05) is 0 Å². The molecule has 4 aromatic rings. The zero-order valence-electron chi connectivity index (χ0n) is 19.1. The smallest absolute Gasteiger partial charge is 0.309 e. The number of halogens is 8. The summed E-state index contributed by atoms with van der Waals surface area (Å²) in [4.78, 5) is 12.7. The molecule has 0 aliphatic carbocycles. The Morgan fingerprint density at radius 2 is 1.62 bits per heavy atom. The molecular weight excluding hydrogens is 538 g/mol. The van der Waals surface area contributed by atoms with E-state index >= 15 is 0 Å². The van der Waals surface area contributed by atoms with Gasteiger partial charge in [0, 0.05) is 35.2 Å². The molecule has 0 aliphatic heterocycles. The monoisotopic (exact) mass is 549 g/mol. The maximum atomic E-state index is 14.2. The van der Waals surface area contributed by atoms with E-state index in [1.54, 1.807) is 0 Å². The van der Waals surface area contributed by atoms with Crippen molar-refractivity contribution in [2.45, 2.75) is 18.9 Å². The summed E-state index contributed by atoms with van der Waals surface area (Å²) in [5.41, 5.74) is -7.90. The van der Waals surface area contributed by atoms with Crippen molar-refractivity contribution in [2.24, 2.45) is 0 Å². The molecule has 198 valence electrons. The normalized spacial score (nSPS) is 11.7. The lowest BCUT2D eigenvalue weighted by Crippen LogP contribution is -2.28. The van der Waals surface area contributed by atoms with E-state index in [4.69, 9.17) is 5.26 Å². The number of alkyl halides is 6. The van der Waals surface area contributed by atoms with Crippen molar-refractivity contribution in [1.82, 2.24) is 14.3 Å². The molecule has 2 aromatic heterocycles. The molecule has 0 atom stereocenters. The van der Waals surface area contributed by atoms with Crippen LogP contribution in [-0.2, 0) is 18.9 Å². The van der Waals surface area contributed by atoms with Gasteiger partial charge in [-0.15, -0.1) is 0 Å². The maximum Gasteiger partial charge on any atom is 0.418 e. The van der Waals surface area contributed by atoms with Crippen LogP contribution in [0, 0.1) is 34.3 Å². The third-order valence-corrected chi connectivity index (χ3v) is 5.62. The highest BCUT2D eigenvalue weighted by atomic mass is 19.4. The van der Waals surface area contributed by atoms with Crippen molar-refractivity contribution in [3.05, 3.63) is 105 Å². The molecule has 6 nitrogen and oxygen atoms in total. The number of hydrogen-bond donors (Lipinski definition) is 0. The lowest BCUT2D eigenvalue weighted by Gasteiger charge is -2.17. The third kappa shape index (κ3) is 5.22. The fraction of sp³-hybridized carbons (Fsp3) is 0.120. The summed E-state index contributed by atoms with van der Waals surface area (Å²) in [5.74, 6) is -2.02. The minimum atomic E-state index is -5.22. The number of benzene rings is 2. The van der Waals surface area contributed by atoms with Crippen LogP contribution >= 0.6 is 0 Å². The number of hydrogen-bond acceptors (Lipinski definition) is 4. The van der Waals surface area contributed by atoms with Gasteiger partial charge in [0.05, 0.1) is 41.2 Å². The molecule has 39 heavy (non-hydrogen) atoms. The van der Waals surface area contributed by atoms with Gasteiger partial charge < -0.3 is 4.57 Å². The van der Waals surface area contributed by atoms with Crippen LogP contribution in [0.5, 0.6) is 0 Å². The van der Waals surface area contributed by atoms with E-state index in [9.17, 15) is 45.2 Å². The van der Waals surface area contributed by atoms with E-state index in [1.165, 1.54) is 12.1 Å². The summed E-state index contributed by atoms with van der Waals surface area (Å²) >= 11 is 0. The molecule has 0 spiro atoms. The molecule has 2 aromatic carbocycles. The molecule has 0 unspecified atom stereocenters. The summed E-state index contributed by atoms with van der Waals surface area (Å²) in [6.45, 7) is -0.663. The Morgan fingerprint density at radius 1 is 0.897 bits per heavy atom. The maximum absolute atomic E-state index is 14.2. The zero-order valence-corrected chi connectivity index (χ0v) is 19.1. The first-order valence-corrected chi connectivity index (χ1v) is 10.6. The Bertz CT molecular complexity index is 1740. The number of nitriles is 2. The molecule has 0 saturated carbocycles. The predicted molar refractivity (Wildman–Crippen MR) is 118 cm³/mol. The molecule has 0 fully saturated rings. The quantitative estimate of drug-likeness (QED) is 0.301. The third-order valence-electron chi connectivity index (χ3n) is 5.62. The van der Waals surface area contributed by atoms with Crippen molar-refractivity contribution in [1.29, 1.82) is 10.5 Å². The van der Waals surface area contributed by atoms with Gasteiger partial charge in [0.15, 0.2) is 0 Å². The Morgan fingerprint density at radius 3 is 2.21 bits per heavy atom. The molecule has 0 N–H and O–H groups in total. The summed E-state index contributed by atoms with van der Waals surface area (Å²) in [6.07, 6.45) is -7.63. The number of pyridine rings is 1. The molecule has 0 saturated heterocycles. The fourth-order valence-corrected chi connectivity index (χ4v) is 3.84. The largest absolute Gasteiger partial charge is 0.418 e. The van der Waals surface area contributed by atoms with Crippen molar-refractivity contribution >= 4 is 0 Å². The average molecular weight is 549 g/mol. The van der Waals surface area contributed by atoms with E-state index in [-0.39, 0.29) is 16.8 Å². The van der Waals surface area contributed by atoms with Gasteiger partial charge in [-0.1, -0.05) is 6.07 Å². The van der Waals surface area contributed by atoms with Gasteiger partial charge >= 0.3 is 12.4 Å². The van der Waals surface area contributed by atoms with Crippen LogP contribution in [0.1, 0.15) is 27.8 Å². The highest BCUT2D eigenvalue weighted by Gasteiger charge is 2.39. The lowest BCUT2D eigenvalue weighted by atomic mass is 9.99. The topological polar surface area (TPSA) is 87.4 Å². The Hall–Kier alpha value is -4.98. The first kappa shape index (κ1) is 27.1. The van der Waals surface area contributed by atoms with Crippen molar-refractivity contribution in [3.63, 3.8) is 0 Å². The van der Waals surface area contributed by atoms with Crippen LogP contribution in [-0.4, -0.2) is 14.3 Å². The summed E-state index contributed by atoms with van der Waals surface area (Å²) < 4.78 is 111. The minimum absolute atomic E-state index is 0.247. The molecule has 14 heteroatoms. The number of aromatic nitrogens is 3. The SMILES string of the molecule is N#Cc1ccc(-n2cc(-c3cn(Cc4ccc(F)cc4F)c(=O)c(C#N)c3C(F)(F)F)cn2)cc1C(F)(F)F. The van der Waals surface area contributed by atoms with Gasteiger partial charge in [-0.3, -0.25) is 4.79 Å². The predicted octanol–water partition coefficient (Wildman–Crippen LogP) is 5.81. The summed E-state index contributed by atoms with van der Waals surface area (Å²) in [5, 5.41) is 22.2. The van der Waals surface area contributed by atoms with E-state index in [2.05, 4.69) is 5.10 Å². The molecule has 0 radical (unpaired) electrons. The molecular formula is C25H11F8N5O. The fourth-order valence-electron chi connectivity index (χ4n) is 3.84. The molecule has 2 heterocycles. The first-order valence-electron chi connectivity index (χ1n) is 10.6. The Balaban J connectivity index is 1.90. The van der Waals surface area contributed by atoms with Crippen molar-refractivity contribution in [3.8, 4) is 29.0 Å². The first-order chi connectivity index (χ1) is 18.2. The highest BCUT2D eigenvalue weighted by molar-refractivity contribution is 5.69. The summed E-state index contributed by atoms with van der Waals surface area (Å²) in [6, 6.07) is 7.51. The Labute approximate surface area is 213 Å². The lowest BCUT2D eigenvalue weighted by molar-refractivity contribution is -0.138. The molecule has 4 rings (SSSR count). The van der Waals surface area contributed by atoms with Crippen LogP contribution in [0.2, 0.25) is 0 Å². The second-order valence-corrected chi connectivity index (χ2v) is 8.08. The number of rotatable bonds is 4. The van der Waals surface area contributed by atoms with Crippen LogP contribution in [0.15, 0.2) is 59.8 Å². The minimum Gasteiger partial charge on any atom is -0.309 e. The van der Waals surface area contributed by atoms with E-state index < -0.39 is 63.9 Å². The second-order valence-electron chi connectivity index (χ2n) is 8.08. The average Bonchev–Trinajstić information content (AvgIpc) is 3.35. The summed E-state index contributed by atoms with van der Waals surface area (Å²) in [7, 11) is 0. The van der Waals surface area contributed by atoms with Gasteiger partial charge in [-0.25, -0.2) is 13.5 Å². The van der Waals surface area contributed by atoms with Gasteiger partial charge in [-0.05, 0) is 24.3 Å². The highest BCUT2D eigenvalue weighted by Crippen LogP contribution is 2.39. The van der Waals surface area contributed by atoms with Crippen molar-refractivity contribution in [2.75, 3.05) is 0 Å².